The zero-order chi connectivity index (χ0) is 14.8. The molecule has 0 bridgehead atoms. The molecule has 1 aliphatic rings. The molecule has 2 aromatic rings. The summed E-state index contributed by atoms with van der Waals surface area (Å²) in [5.41, 5.74) is 0. The van der Waals surface area contributed by atoms with Crippen LogP contribution in [0.3, 0.4) is 0 Å². The summed E-state index contributed by atoms with van der Waals surface area (Å²) < 4.78 is 2.11. The van der Waals surface area contributed by atoms with Crippen LogP contribution in [0.4, 0.5) is 0 Å². The molecule has 1 fully saturated rings. The molecule has 0 aromatic carbocycles. The summed E-state index contributed by atoms with van der Waals surface area (Å²) >= 11 is 1.81. The van der Waals surface area contributed by atoms with Gasteiger partial charge in [-0.25, -0.2) is 9.97 Å². The van der Waals surface area contributed by atoms with E-state index < -0.39 is 0 Å². The molecule has 0 N–H and O–H groups in total. The second-order valence-electron chi connectivity index (χ2n) is 5.85. The number of hydrogen-bond donors (Lipinski definition) is 0. The van der Waals surface area contributed by atoms with Crippen molar-refractivity contribution in [1.29, 1.82) is 0 Å². The smallest absolute Gasteiger partial charge is 0.122 e. The van der Waals surface area contributed by atoms with Gasteiger partial charge in [-0.15, -0.1) is 11.3 Å². The van der Waals surface area contributed by atoms with Gasteiger partial charge in [0.05, 0.1) is 11.6 Å². The van der Waals surface area contributed by atoms with Crippen LogP contribution in [0, 0.1) is 6.92 Å². The van der Waals surface area contributed by atoms with Crippen LogP contribution in [0.2, 0.25) is 0 Å². The summed E-state index contributed by atoms with van der Waals surface area (Å²) in [6, 6.07) is 0.560. The molecular weight excluding hydrogens is 282 g/mol. The average molecular weight is 305 g/mol. The number of rotatable bonds is 4. The van der Waals surface area contributed by atoms with Gasteiger partial charge in [0.25, 0.3) is 0 Å². The van der Waals surface area contributed by atoms with Crippen LogP contribution in [-0.4, -0.2) is 50.0 Å². The number of piperazine rings is 1. The van der Waals surface area contributed by atoms with Crippen molar-refractivity contribution in [3.8, 4) is 0 Å². The minimum absolute atomic E-state index is 0.560. The van der Waals surface area contributed by atoms with Crippen LogP contribution < -0.4 is 0 Å². The second-order valence-corrected chi connectivity index (χ2v) is 7.17. The Morgan fingerprint density at radius 3 is 2.76 bits per heavy atom. The molecule has 5 nitrogen and oxygen atoms in total. The molecule has 21 heavy (non-hydrogen) atoms. The van der Waals surface area contributed by atoms with Gasteiger partial charge in [-0.1, -0.05) is 0 Å². The SMILES string of the molecule is Cc1ncc(CN2CCN(Cc3nccn3C)[C@@H](C)C2)s1. The Labute approximate surface area is 130 Å². The molecular formula is C15H23N5S. The van der Waals surface area contributed by atoms with Gasteiger partial charge in [0.15, 0.2) is 0 Å². The van der Waals surface area contributed by atoms with Gasteiger partial charge in [-0.3, -0.25) is 9.80 Å². The molecule has 1 atom stereocenters. The van der Waals surface area contributed by atoms with Gasteiger partial charge in [0.2, 0.25) is 0 Å². The summed E-state index contributed by atoms with van der Waals surface area (Å²) in [6.07, 6.45) is 5.91. The van der Waals surface area contributed by atoms with Crippen molar-refractivity contribution >= 4 is 11.3 Å². The predicted molar refractivity (Wildman–Crippen MR) is 85.2 cm³/mol. The molecule has 0 spiro atoms. The summed E-state index contributed by atoms with van der Waals surface area (Å²) in [5, 5.41) is 1.16. The minimum atomic E-state index is 0.560. The Kier molecular flexibility index (Phi) is 4.37. The van der Waals surface area contributed by atoms with Gasteiger partial charge in [-0.2, -0.15) is 0 Å². The lowest BCUT2D eigenvalue weighted by Crippen LogP contribution is -2.51. The highest BCUT2D eigenvalue weighted by Crippen LogP contribution is 2.18. The fraction of sp³-hybridized carbons (Fsp3) is 0.600. The standard InChI is InChI=1S/C15H23N5S/c1-12-9-19(10-14-8-17-13(2)21-14)6-7-20(12)11-15-16-4-5-18(15)3/h4-5,8,12H,6-7,9-11H2,1-3H3/t12-/m0/s1. The molecule has 0 radical (unpaired) electrons. The number of thiazole rings is 1. The molecule has 1 aliphatic heterocycles. The molecule has 1 saturated heterocycles. The highest BCUT2D eigenvalue weighted by molar-refractivity contribution is 7.11. The third kappa shape index (κ3) is 3.51. The predicted octanol–water partition coefficient (Wildman–Crippen LogP) is 1.89. The van der Waals surface area contributed by atoms with E-state index in [1.54, 1.807) is 0 Å². The van der Waals surface area contributed by atoms with Crippen LogP contribution >= 0.6 is 11.3 Å². The Bertz CT molecular complexity index is 590. The number of nitrogens with zero attached hydrogens (tertiary/aromatic N) is 5. The highest BCUT2D eigenvalue weighted by atomic mass is 32.1. The van der Waals surface area contributed by atoms with E-state index in [4.69, 9.17) is 0 Å². The van der Waals surface area contributed by atoms with Crippen molar-refractivity contribution in [3.63, 3.8) is 0 Å². The number of aromatic nitrogens is 3. The first kappa shape index (κ1) is 14.7. The largest absolute Gasteiger partial charge is 0.337 e. The second kappa shape index (κ2) is 6.25. The number of imidazole rings is 1. The van der Waals surface area contributed by atoms with Gasteiger partial charge >= 0.3 is 0 Å². The lowest BCUT2D eigenvalue weighted by atomic mass is 10.2. The maximum absolute atomic E-state index is 4.43. The van der Waals surface area contributed by atoms with E-state index in [2.05, 4.69) is 45.2 Å². The lowest BCUT2D eigenvalue weighted by molar-refractivity contribution is 0.0713. The van der Waals surface area contributed by atoms with E-state index in [-0.39, 0.29) is 0 Å². The normalized spacial score (nSPS) is 21.0. The summed E-state index contributed by atoms with van der Waals surface area (Å²) in [4.78, 5) is 15.2. The molecule has 3 heterocycles. The van der Waals surface area contributed by atoms with Crippen LogP contribution in [-0.2, 0) is 20.1 Å². The van der Waals surface area contributed by atoms with Crippen molar-refractivity contribution in [1.82, 2.24) is 24.3 Å². The van der Waals surface area contributed by atoms with Crippen LogP contribution in [0.15, 0.2) is 18.6 Å². The Balaban J connectivity index is 1.55. The highest BCUT2D eigenvalue weighted by Gasteiger charge is 2.24. The zero-order valence-electron chi connectivity index (χ0n) is 13.0. The lowest BCUT2D eigenvalue weighted by Gasteiger charge is -2.39. The molecule has 0 saturated carbocycles. The summed E-state index contributed by atoms with van der Waals surface area (Å²) in [6.45, 7) is 9.69. The van der Waals surface area contributed by atoms with E-state index in [0.29, 0.717) is 6.04 Å². The maximum atomic E-state index is 4.43. The van der Waals surface area contributed by atoms with Crippen molar-refractivity contribution < 1.29 is 0 Å². The van der Waals surface area contributed by atoms with Crippen molar-refractivity contribution in [2.24, 2.45) is 7.05 Å². The van der Waals surface area contributed by atoms with Crippen LogP contribution in [0.5, 0.6) is 0 Å². The third-order valence-corrected chi connectivity index (χ3v) is 5.06. The number of aryl methyl sites for hydroxylation is 2. The van der Waals surface area contributed by atoms with Crippen molar-refractivity contribution in [3.05, 3.63) is 34.3 Å². The van der Waals surface area contributed by atoms with Crippen LogP contribution in [0.1, 0.15) is 22.6 Å². The zero-order valence-corrected chi connectivity index (χ0v) is 13.8. The van der Waals surface area contributed by atoms with E-state index in [1.807, 2.05) is 29.9 Å². The van der Waals surface area contributed by atoms with E-state index in [0.717, 1.165) is 43.6 Å². The topological polar surface area (TPSA) is 37.2 Å². The molecule has 114 valence electrons. The molecule has 0 amide bonds. The van der Waals surface area contributed by atoms with Crippen molar-refractivity contribution in [2.75, 3.05) is 19.6 Å². The average Bonchev–Trinajstić information content (AvgIpc) is 3.02. The van der Waals surface area contributed by atoms with E-state index in [1.165, 1.54) is 4.88 Å². The van der Waals surface area contributed by atoms with Crippen molar-refractivity contribution in [2.45, 2.75) is 33.0 Å². The number of hydrogen-bond acceptors (Lipinski definition) is 5. The first-order valence-electron chi connectivity index (χ1n) is 7.45. The van der Waals surface area contributed by atoms with Gasteiger partial charge in [0, 0.05) is 62.7 Å². The minimum Gasteiger partial charge on any atom is -0.337 e. The van der Waals surface area contributed by atoms with E-state index in [9.17, 15) is 0 Å². The summed E-state index contributed by atoms with van der Waals surface area (Å²) in [5.74, 6) is 1.15. The monoisotopic (exact) mass is 305 g/mol. The van der Waals surface area contributed by atoms with E-state index >= 15 is 0 Å². The molecule has 2 aromatic heterocycles. The molecule has 3 rings (SSSR count). The molecule has 0 unspecified atom stereocenters. The first-order valence-corrected chi connectivity index (χ1v) is 8.27. The van der Waals surface area contributed by atoms with Gasteiger partial charge in [-0.05, 0) is 13.8 Å². The Morgan fingerprint density at radius 1 is 1.29 bits per heavy atom. The maximum Gasteiger partial charge on any atom is 0.122 e. The third-order valence-electron chi connectivity index (χ3n) is 4.16. The quantitative estimate of drug-likeness (QED) is 0.864. The fourth-order valence-corrected chi connectivity index (χ4v) is 3.72. The van der Waals surface area contributed by atoms with Gasteiger partial charge < -0.3 is 4.57 Å². The summed E-state index contributed by atoms with van der Waals surface area (Å²) in [7, 11) is 2.06. The molecule has 6 heteroatoms. The van der Waals surface area contributed by atoms with Crippen LogP contribution in [0.25, 0.3) is 0 Å². The van der Waals surface area contributed by atoms with Gasteiger partial charge in [0.1, 0.15) is 5.82 Å². The Hall–Kier alpha value is -1.24. The first-order chi connectivity index (χ1) is 10.1. The fourth-order valence-electron chi connectivity index (χ4n) is 2.88. The molecule has 0 aliphatic carbocycles. The Morgan fingerprint density at radius 2 is 2.14 bits per heavy atom.